The number of hydrogen-bond donors (Lipinski definition) is 0. The van der Waals surface area contributed by atoms with Gasteiger partial charge in [-0.15, -0.1) is 0 Å². The number of esters is 3. The van der Waals surface area contributed by atoms with Gasteiger partial charge in [-0.3, -0.25) is 14.4 Å². The summed E-state index contributed by atoms with van der Waals surface area (Å²) >= 11 is 0. The third kappa shape index (κ3) is 51.6. The standard InChI is InChI=1S/C60H102O6/c1-4-7-10-13-16-19-22-24-26-27-28-29-30-31-32-33-34-36-38-41-44-47-50-53-59(62)65-56-57(55-64-58(61)52-49-46-43-40-37-21-18-15-12-9-6-3)66-60(63)54-51-48-45-42-39-35-25-23-20-17-14-11-8-5-2/h7,10,14,16-17,19,23-26,28-29,31-32,57H,4-6,8-9,11-13,15,18,20-22,27,30,33-56H2,1-3H3/b10-7-,17-14-,19-16-,25-23-,26-24-,29-28-,32-31-. The van der Waals surface area contributed by atoms with Gasteiger partial charge in [0.05, 0.1) is 0 Å². The zero-order chi connectivity index (χ0) is 47.9. The predicted octanol–water partition coefficient (Wildman–Crippen LogP) is 18.4. The minimum absolute atomic E-state index is 0.0843. The molecule has 0 spiro atoms. The van der Waals surface area contributed by atoms with E-state index in [9.17, 15) is 14.4 Å². The second kappa shape index (κ2) is 54.2. The van der Waals surface area contributed by atoms with Crippen molar-refractivity contribution in [3.8, 4) is 0 Å². The molecule has 0 aliphatic carbocycles. The van der Waals surface area contributed by atoms with E-state index in [-0.39, 0.29) is 31.1 Å². The highest BCUT2D eigenvalue weighted by atomic mass is 16.6. The molecule has 1 unspecified atom stereocenters. The summed E-state index contributed by atoms with van der Waals surface area (Å²) in [6.07, 6.45) is 69.9. The van der Waals surface area contributed by atoms with Crippen LogP contribution in [0.4, 0.5) is 0 Å². The highest BCUT2D eigenvalue weighted by Crippen LogP contribution is 2.15. The second-order valence-electron chi connectivity index (χ2n) is 18.1. The van der Waals surface area contributed by atoms with Gasteiger partial charge in [0.25, 0.3) is 0 Å². The first kappa shape index (κ1) is 62.6. The molecule has 66 heavy (non-hydrogen) atoms. The van der Waals surface area contributed by atoms with Crippen LogP contribution in [-0.4, -0.2) is 37.2 Å². The average molecular weight is 919 g/mol. The van der Waals surface area contributed by atoms with Crippen LogP contribution in [0.5, 0.6) is 0 Å². The SMILES string of the molecule is CC/C=C\C/C=C\C/C=C\C/C=C\C/C=C\CCCCCCCCCC(=O)OCC(COC(=O)CCCCCCCCCCCCC)OC(=O)CCCCCCC/C=C\C/C=C\CCCC. The lowest BCUT2D eigenvalue weighted by molar-refractivity contribution is -0.167. The van der Waals surface area contributed by atoms with E-state index in [1.54, 1.807) is 0 Å². The van der Waals surface area contributed by atoms with Crippen LogP contribution < -0.4 is 0 Å². The van der Waals surface area contributed by atoms with Gasteiger partial charge in [-0.1, -0.05) is 234 Å². The van der Waals surface area contributed by atoms with Crippen molar-refractivity contribution in [2.24, 2.45) is 0 Å². The maximum Gasteiger partial charge on any atom is 0.306 e. The van der Waals surface area contributed by atoms with Gasteiger partial charge < -0.3 is 14.2 Å². The topological polar surface area (TPSA) is 78.9 Å². The summed E-state index contributed by atoms with van der Waals surface area (Å²) in [6.45, 7) is 6.46. The van der Waals surface area contributed by atoms with Gasteiger partial charge in [0.2, 0.25) is 0 Å². The van der Waals surface area contributed by atoms with Crippen LogP contribution in [0.2, 0.25) is 0 Å². The zero-order valence-corrected chi connectivity index (χ0v) is 43.2. The van der Waals surface area contributed by atoms with Crippen molar-refractivity contribution in [1.82, 2.24) is 0 Å². The Morgan fingerprint density at radius 1 is 0.318 bits per heavy atom. The lowest BCUT2D eigenvalue weighted by Gasteiger charge is -2.18. The van der Waals surface area contributed by atoms with Crippen LogP contribution in [0.3, 0.4) is 0 Å². The first-order chi connectivity index (χ1) is 32.5. The fourth-order valence-electron chi connectivity index (χ4n) is 7.49. The van der Waals surface area contributed by atoms with Crippen molar-refractivity contribution in [3.63, 3.8) is 0 Å². The first-order valence-electron chi connectivity index (χ1n) is 27.6. The maximum atomic E-state index is 12.8. The van der Waals surface area contributed by atoms with E-state index in [2.05, 4.69) is 106 Å². The minimum Gasteiger partial charge on any atom is -0.462 e. The maximum absolute atomic E-state index is 12.8. The summed E-state index contributed by atoms with van der Waals surface area (Å²) in [7, 11) is 0. The molecule has 0 bridgehead atoms. The average Bonchev–Trinajstić information content (AvgIpc) is 3.31. The Bertz CT molecular complexity index is 1290. The fraction of sp³-hybridized carbons (Fsp3) is 0.717. The second-order valence-corrected chi connectivity index (χ2v) is 18.1. The highest BCUT2D eigenvalue weighted by Gasteiger charge is 2.19. The van der Waals surface area contributed by atoms with Crippen molar-refractivity contribution in [2.75, 3.05) is 13.2 Å². The first-order valence-corrected chi connectivity index (χ1v) is 27.6. The van der Waals surface area contributed by atoms with Crippen LogP contribution in [-0.2, 0) is 28.6 Å². The summed E-state index contributed by atoms with van der Waals surface area (Å²) in [5, 5.41) is 0. The molecular weight excluding hydrogens is 817 g/mol. The van der Waals surface area contributed by atoms with E-state index in [1.165, 1.54) is 96.3 Å². The molecule has 0 saturated carbocycles. The molecule has 0 aliphatic heterocycles. The van der Waals surface area contributed by atoms with Crippen LogP contribution in [0.15, 0.2) is 85.1 Å². The smallest absolute Gasteiger partial charge is 0.306 e. The highest BCUT2D eigenvalue weighted by molar-refractivity contribution is 5.71. The van der Waals surface area contributed by atoms with Gasteiger partial charge in [0, 0.05) is 19.3 Å². The molecule has 6 nitrogen and oxygen atoms in total. The number of allylic oxidation sites excluding steroid dienone is 14. The lowest BCUT2D eigenvalue weighted by atomic mass is 10.1. The summed E-state index contributed by atoms with van der Waals surface area (Å²) in [5.74, 6) is -0.908. The quantitative estimate of drug-likeness (QED) is 0.0262. The fourth-order valence-corrected chi connectivity index (χ4v) is 7.49. The molecule has 0 fully saturated rings. The molecule has 0 aliphatic rings. The lowest BCUT2D eigenvalue weighted by Crippen LogP contribution is -2.30. The summed E-state index contributed by atoms with van der Waals surface area (Å²) in [4.78, 5) is 38.0. The predicted molar refractivity (Wildman–Crippen MR) is 284 cm³/mol. The Labute approximate surface area is 407 Å². The van der Waals surface area contributed by atoms with Crippen LogP contribution in [0, 0.1) is 0 Å². The molecule has 0 rings (SSSR count). The summed E-state index contributed by atoms with van der Waals surface area (Å²) in [6, 6.07) is 0. The van der Waals surface area contributed by atoms with Crippen molar-refractivity contribution in [2.45, 2.75) is 264 Å². The molecule has 0 radical (unpaired) electrons. The van der Waals surface area contributed by atoms with Crippen molar-refractivity contribution in [1.29, 1.82) is 0 Å². The van der Waals surface area contributed by atoms with Crippen molar-refractivity contribution in [3.05, 3.63) is 85.1 Å². The third-order valence-electron chi connectivity index (χ3n) is 11.6. The Hall–Kier alpha value is -3.41. The molecule has 0 heterocycles. The molecule has 6 heteroatoms. The van der Waals surface area contributed by atoms with E-state index in [0.29, 0.717) is 19.3 Å². The summed E-state index contributed by atoms with van der Waals surface area (Å²) < 4.78 is 16.8. The van der Waals surface area contributed by atoms with Gasteiger partial charge in [0.15, 0.2) is 6.10 Å². The van der Waals surface area contributed by atoms with Gasteiger partial charge in [-0.2, -0.15) is 0 Å². The largest absolute Gasteiger partial charge is 0.462 e. The zero-order valence-electron chi connectivity index (χ0n) is 43.2. The van der Waals surface area contributed by atoms with E-state index >= 15 is 0 Å². The van der Waals surface area contributed by atoms with Gasteiger partial charge in [0.1, 0.15) is 13.2 Å². The third-order valence-corrected chi connectivity index (χ3v) is 11.6. The Morgan fingerprint density at radius 3 is 0.970 bits per heavy atom. The number of hydrogen-bond acceptors (Lipinski definition) is 6. The summed E-state index contributed by atoms with van der Waals surface area (Å²) in [5.41, 5.74) is 0. The molecule has 0 aromatic heterocycles. The molecular formula is C60H102O6. The van der Waals surface area contributed by atoms with Crippen molar-refractivity contribution < 1.29 is 28.6 Å². The monoisotopic (exact) mass is 919 g/mol. The Balaban J connectivity index is 4.34. The Kier molecular flexibility index (Phi) is 51.4. The van der Waals surface area contributed by atoms with Crippen LogP contribution >= 0.6 is 0 Å². The molecule has 378 valence electrons. The number of rotatable bonds is 49. The van der Waals surface area contributed by atoms with Crippen LogP contribution in [0.1, 0.15) is 258 Å². The van der Waals surface area contributed by atoms with E-state index in [0.717, 1.165) is 122 Å². The Morgan fingerprint density at radius 2 is 0.606 bits per heavy atom. The number of carbonyl (C=O) groups excluding carboxylic acids is 3. The van der Waals surface area contributed by atoms with E-state index < -0.39 is 6.10 Å². The molecule has 0 N–H and O–H groups in total. The van der Waals surface area contributed by atoms with E-state index in [4.69, 9.17) is 14.2 Å². The van der Waals surface area contributed by atoms with Gasteiger partial charge >= 0.3 is 17.9 Å². The van der Waals surface area contributed by atoms with Crippen molar-refractivity contribution >= 4 is 17.9 Å². The number of unbranched alkanes of at least 4 members (excludes halogenated alkanes) is 24. The number of ether oxygens (including phenoxy) is 3. The molecule has 0 aromatic carbocycles. The minimum atomic E-state index is -0.786. The molecule has 0 amide bonds. The molecule has 1 atom stereocenters. The van der Waals surface area contributed by atoms with E-state index in [1.807, 2.05) is 0 Å². The normalized spacial score (nSPS) is 12.7. The molecule has 0 aromatic rings. The van der Waals surface area contributed by atoms with Gasteiger partial charge in [-0.05, 0) is 89.9 Å². The van der Waals surface area contributed by atoms with Gasteiger partial charge in [-0.25, -0.2) is 0 Å². The number of carbonyl (C=O) groups is 3. The van der Waals surface area contributed by atoms with Crippen LogP contribution in [0.25, 0.3) is 0 Å². The molecule has 0 saturated heterocycles.